The van der Waals surface area contributed by atoms with Gasteiger partial charge in [-0.1, -0.05) is 51.2 Å². The first-order valence-electron chi connectivity index (χ1n) is 7.78. The van der Waals surface area contributed by atoms with E-state index in [2.05, 4.69) is 6.92 Å². The molecule has 0 radical (unpaired) electrons. The molecule has 1 fully saturated rings. The van der Waals surface area contributed by atoms with Crippen LogP contribution in [0.4, 0.5) is 4.39 Å². The van der Waals surface area contributed by atoms with E-state index in [4.69, 9.17) is 0 Å². The van der Waals surface area contributed by atoms with Gasteiger partial charge >= 0.3 is 0 Å². The van der Waals surface area contributed by atoms with E-state index in [1.807, 2.05) is 35.7 Å². The van der Waals surface area contributed by atoms with Crippen molar-refractivity contribution in [3.63, 3.8) is 0 Å². The number of thioether (sulfide) groups is 2. The highest BCUT2D eigenvalue weighted by molar-refractivity contribution is 8.16. The summed E-state index contributed by atoms with van der Waals surface area (Å²) in [5.41, 5.74) is 1.27. The summed E-state index contributed by atoms with van der Waals surface area (Å²) in [6.07, 6.45) is 8.31. The molecule has 0 saturated carbocycles. The van der Waals surface area contributed by atoms with E-state index in [0.29, 0.717) is 4.58 Å². The molecular formula is C17H25FS2. The van der Waals surface area contributed by atoms with E-state index < -0.39 is 0 Å². The van der Waals surface area contributed by atoms with Crippen molar-refractivity contribution in [2.75, 3.05) is 11.5 Å². The van der Waals surface area contributed by atoms with Crippen LogP contribution in [0.5, 0.6) is 0 Å². The third-order valence-corrected chi connectivity index (χ3v) is 7.12. The summed E-state index contributed by atoms with van der Waals surface area (Å²) in [6, 6.07) is 7.03. The van der Waals surface area contributed by atoms with Gasteiger partial charge in [0.1, 0.15) is 5.82 Å². The molecule has 1 aromatic rings. The summed E-state index contributed by atoms with van der Waals surface area (Å²) in [5.74, 6) is 3.28. The van der Waals surface area contributed by atoms with Crippen LogP contribution in [-0.4, -0.2) is 11.5 Å². The topological polar surface area (TPSA) is 0 Å². The molecule has 20 heavy (non-hydrogen) atoms. The molecule has 112 valence electrons. The second-order valence-electron chi connectivity index (χ2n) is 5.62. The van der Waals surface area contributed by atoms with Crippen LogP contribution >= 0.6 is 23.5 Å². The molecule has 2 rings (SSSR count). The zero-order valence-corrected chi connectivity index (χ0v) is 13.9. The van der Waals surface area contributed by atoms with Crippen LogP contribution in [0.3, 0.4) is 0 Å². The summed E-state index contributed by atoms with van der Waals surface area (Å²) < 4.78 is 13.4. The van der Waals surface area contributed by atoms with Crippen molar-refractivity contribution < 1.29 is 4.39 Å². The van der Waals surface area contributed by atoms with Crippen molar-refractivity contribution in [3.05, 3.63) is 35.6 Å². The minimum Gasteiger partial charge on any atom is -0.207 e. The molecule has 0 bridgehead atoms. The number of benzene rings is 1. The first-order chi connectivity index (χ1) is 9.79. The molecule has 1 heterocycles. The third kappa shape index (κ3) is 5.33. The van der Waals surface area contributed by atoms with E-state index in [-0.39, 0.29) is 5.82 Å². The molecule has 1 aliphatic rings. The molecule has 0 aliphatic carbocycles. The maximum absolute atomic E-state index is 12.9. The van der Waals surface area contributed by atoms with Crippen LogP contribution in [0.15, 0.2) is 24.3 Å². The third-order valence-electron chi connectivity index (χ3n) is 3.82. The van der Waals surface area contributed by atoms with Gasteiger partial charge < -0.3 is 0 Å². The van der Waals surface area contributed by atoms with Gasteiger partial charge in [-0.15, -0.1) is 23.5 Å². The Morgan fingerprint density at radius 3 is 2.30 bits per heavy atom. The fourth-order valence-electron chi connectivity index (χ4n) is 2.56. The highest BCUT2D eigenvalue weighted by atomic mass is 32.2. The molecule has 0 spiro atoms. The first kappa shape index (κ1) is 16.2. The molecule has 1 aromatic carbocycles. The summed E-state index contributed by atoms with van der Waals surface area (Å²) in [7, 11) is 0. The average Bonchev–Trinajstić information content (AvgIpc) is 2.49. The van der Waals surface area contributed by atoms with E-state index in [9.17, 15) is 4.39 Å². The summed E-state index contributed by atoms with van der Waals surface area (Å²) in [6.45, 7) is 2.27. The van der Waals surface area contributed by atoms with Gasteiger partial charge in [-0.3, -0.25) is 0 Å². The average molecular weight is 313 g/mol. The molecule has 1 aliphatic heterocycles. The number of hydrogen-bond donors (Lipinski definition) is 0. The van der Waals surface area contributed by atoms with Gasteiger partial charge in [0, 0.05) is 0 Å². The van der Waals surface area contributed by atoms with Gasteiger partial charge in [-0.25, -0.2) is 4.39 Å². The lowest BCUT2D eigenvalue weighted by Gasteiger charge is -2.28. The summed E-state index contributed by atoms with van der Waals surface area (Å²) in [5, 5.41) is 0. The Bertz CT molecular complexity index is 369. The fraction of sp³-hybridized carbons (Fsp3) is 0.647. The van der Waals surface area contributed by atoms with E-state index in [1.54, 1.807) is 12.1 Å². The zero-order valence-electron chi connectivity index (χ0n) is 12.3. The number of hydrogen-bond acceptors (Lipinski definition) is 2. The van der Waals surface area contributed by atoms with Gasteiger partial charge in [0.05, 0.1) is 4.58 Å². The Hall–Kier alpha value is -0.150. The molecule has 0 nitrogen and oxygen atoms in total. The minimum atomic E-state index is -0.135. The predicted molar refractivity (Wildman–Crippen MR) is 90.9 cm³/mol. The van der Waals surface area contributed by atoms with Crippen LogP contribution in [0.2, 0.25) is 0 Å². The lowest BCUT2D eigenvalue weighted by atomic mass is 10.0. The van der Waals surface area contributed by atoms with Crippen LogP contribution in [0, 0.1) is 11.7 Å². The molecule has 0 unspecified atom stereocenters. The predicted octanol–water partition coefficient (Wildman–Crippen LogP) is 6.28. The van der Waals surface area contributed by atoms with E-state index in [0.717, 1.165) is 5.92 Å². The fourth-order valence-corrected chi connectivity index (χ4v) is 5.73. The van der Waals surface area contributed by atoms with Crippen molar-refractivity contribution in [2.24, 2.45) is 5.92 Å². The van der Waals surface area contributed by atoms with Crippen LogP contribution in [0.1, 0.15) is 55.6 Å². The summed E-state index contributed by atoms with van der Waals surface area (Å²) >= 11 is 4.08. The highest BCUT2D eigenvalue weighted by Crippen LogP contribution is 2.46. The minimum absolute atomic E-state index is 0.135. The van der Waals surface area contributed by atoms with Gasteiger partial charge in [-0.05, 0) is 41.5 Å². The van der Waals surface area contributed by atoms with Gasteiger partial charge in [0.2, 0.25) is 0 Å². The van der Waals surface area contributed by atoms with Crippen molar-refractivity contribution in [1.82, 2.24) is 0 Å². The van der Waals surface area contributed by atoms with Crippen molar-refractivity contribution >= 4 is 23.5 Å². The lowest BCUT2D eigenvalue weighted by molar-refractivity contribution is 0.528. The van der Waals surface area contributed by atoms with Crippen molar-refractivity contribution in [1.29, 1.82) is 0 Å². The van der Waals surface area contributed by atoms with Crippen LogP contribution in [-0.2, 0) is 0 Å². The molecule has 0 aromatic heterocycles. The van der Waals surface area contributed by atoms with E-state index >= 15 is 0 Å². The number of halogens is 1. The number of unbranched alkanes of at least 4 members (excludes halogenated alkanes) is 4. The molecular weight excluding hydrogens is 287 g/mol. The quantitative estimate of drug-likeness (QED) is 0.543. The molecule has 1 saturated heterocycles. The molecule has 0 amide bonds. The van der Waals surface area contributed by atoms with Crippen molar-refractivity contribution in [2.45, 2.75) is 50.0 Å². The highest BCUT2D eigenvalue weighted by Gasteiger charge is 2.23. The summed E-state index contributed by atoms with van der Waals surface area (Å²) in [4.78, 5) is 0. The normalized spacial score (nSPS) is 22.9. The van der Waals surface area contributed by atoms with Crippen molar-refractivity contribution in [3.8, 4) is 0 Å². The smallest absolute Gasteiger partial charge is 0.123 e. The number of rotatable bonds is 7. The molecule has 3 heteroatoms. The second kappa shape index (κ2) is 8.99. The molecule has 0 atom stereocenters. The van der Waals surface area contributed by atoms with Gasteiger partial charge in [-0.2, -0.15) is 0 Å². The Balaban J connectivity index is 1.66. The Kier molecular flexibility index (Phi) is 7.29. The zero-order chi connectivity index (χ0) is 14.2. The van der Waals surface area contributed by atoms with Gasteiger partial charge in [0.25, 0.3) is 0 Å². The molecule has 0 N–H and O–H groups in total. The van der Waals surface area contributed by atoms with Gasteiger partial charge in [0.15, 0.2) is 0 Å². The maximum Gasteiger partial charge on any atom is 0.123 e. The van der Waals surface area contributed by atoms with Crippen LogP contribution in [0.25, 0.3) is 0 Å². The Morgan fingerprint density at radius 1 is 1.00 bits per heavy atom. The first-order valence-corrected chi connectivity index (χ1v) is 9.88. The van der Waals surface area contributed by atoms with Crippen LogP contribution < -0.4 is 0 Å². The standard InChI is InChI=1S/C17H25FS2/c1-2-3-4-5-6-7-14-12-19-17(20-13-14)15-8-10-16(18)11-9-15/h8-11,14,17H,2-7,12-13H2,1H3. The monoisotopic (exact) mass is 312 g/mol. The Morgan fingerprint density at radius 2 is 1.65 bits per heavy atom. The SMILES string of the molecule is CCCCCCCC1CSC(c2ccc(F)cc2)SC1. The largest absolute Gasteiger partial charge is 0.207 e. The Labute approximate surface area is 131 Å². The maximum atomic E-state index is 12.9. The van der Waals surface area contributed by atoms with E-state index in [1.165, 1.54) is 55.6 Å². The second-order valence-corrected chi connectivity index (χ2v) is 8.19. The lowest BCUT2D eigenvalue weighted by Crippen LogP contribution is -2.14.